The Hall–Kier alpha value is -1.85. The number of benzene rings is 1. The molecule has 2 N–H and O–H groups in total. The van der Waals surface area contributed by atoms with Crippen molar-refractivity contribution in [1.29, 1.82) is 0 Å². The summed E-state index contributed by atoms with van der Waals surface area (Å²) < 4.78 is 11.7. The third-order valence-electron chi connectivity index (χ3n) is 4.59. The van der Waals surface area contributed by atoms with Gasteiger partial charge in [-0.2, -0.15) is 0 Å². The van der Waals surface area contributed by atoms with Crippen LogP contribution in [0.1, 0.15) is 38.5 Å². The predicted molar refractivity (Wildman–Crippen MR) is 89.0 cm³/mol. The van der Waals surface area contributed by atoms with E-state index in [9.17, 15) is 4.79 Å². The van der Waals surface area contributed by atoms with Crippen LogP contribution >= 0.6 is 0 Å². The van der Waals surface area contributed by atoms with Crippen LogP contribution in [-0.2, 0) is 9.53 Å². The number of carbonyl (C=O) groups is 1. The van der Waals surface area contributed by atoms with Crippen LogP contribution in [0.2, 0.25) is 0 Å². The number of rotatable bonds is 5. The van der Waals surface area contributed by atoms with Crippen LogP contribution in [0.15, 0.2) is 34.7 Å². The second-order valence-electron chi connectivity index (χ2n) is 6.05. The van der Waals surface area contributed by atoms with Crippen LogP contribution in [0.3, 0.4) is 0 Å². The first kappa shape index (κ1) is 16.0. The molecule has 0 radical (unpaired) electrons. The van der Waals surface area contributed by atoms with Crippen LogP contribution in [0.5, 0.6) is 0 Å². The quantitative estimate of drug-likeness (QED) is 0.921. The molecule has 1 aliphatic heterocycles. The predicted octanol–water partition coefficient (Wildman–Crippen LogP) is 2.85. The van der Waals surface area contributed by atoms with E-state index in [2.05, 4.69) is 0 Å². The van der Waals surface area contributed by atoms with E-state index < -0.39 is 0 Å². The minimum atomic E-state index is -0.379. The highest BCUT2D eigenvalue weighted by Crippen LogP contribution is 2.29. The van der Waals surface area contributed by atoms with Crippen LogP contribution < -0.4 is 5.73 Å². The van der Waals surface area contributed by atoms with Crippen molar-refractivity contribution in [3.05, 3.63) is 36.1 Å². The van der Waals surface area contributed by atoms with Crippen LogP contribution in [0, 0.1) is 0 Å². The molecule has 1 amide bonds. The number of likely N-dealkylation sites (N-methyl/N-ethyl adjacent to an activating group) is 1. The lowest BCUT2D eigenvalue weighted by Crippen LogP contribution is -2.41. The number of ether oxygens (including phenoxy) is 1. The summed E-state index contributed by atoms with van der Waals surface area (Å²) in [5.74, 6) is 0.825. The zero-order chi connectivity index (χ0) is 16.4. The average molecular weight is 316 g/mol. The molecule has 5 nitrogen and oxygen atoms in total. The molecule has 1 unspecified atom stereocenters. The number of hydrogen-bond donors (Lipinski definition) is 1. The summed E-state index contributed by atoms with van der Waals surface area (Å²) in [7, 11) is 0. The highest BCUT2D eigenvalue weighted by molar-refractivity contribution is 5.82. The van der Waals surface area contributed by atoms with E-state index >= 15 is 0 Å². The lowest BCUT2D eigenvalue weighted by Gasteiger charge is -2.29. The van der Waals surface area contributed by atoms with Gasteiger partial charge in [-0.1, -0.05) is 18.2 Å². The van der Waals surface area contributed by atoms with Gasteiger partial charge in [-0.3, -0.25) is 4.79 Å². The van der Waals surface area contributed by atoms with E-state index in [1.54, 1.807) is 0 Å². The zero-order valence-electron chi connectivity index (χ0n) is 13.7. The van der Waals surface area contributed by atoms with Gasteiger partial charge in [0.05, 0.1) is 12.1 Å². The van der Waals surface area contributed by atoms with Crippen LogP contribution in [0.25, 0.3) is 11.0 Å². The van der Waals surface area contributed by atoms with Crippen molar-refractivity contribution in [3.63, 3.8) is 0 Å². The summed E-state index contributed by atoms with van der Waals surface area (Å²) in [6.45, 7) is 5.06. The number of hydrogen-bond acceptors (Lipinski definition) is 4. The molecule has 0 aliphatic carbocycles. The van der Waals surface area contributed by atoms with Crippen molar-refractivity contribution < 1.29 is 13.9 Å². The maximum absolute atomic E-state index is 12.8. The maximum atomic E-state index is 12.8. The van der Waals surface area contributed by atoms with Crippen molar-refractivity contribution in [2.45, 2.75) is 44.9 Å². The number of furan rings is 1. The van der Waals surface area contributed by atoms with Crippen molar-refractivity contribution in [2.75, 3.05) is 13.1 Å². The van der Waals surface area contributed by atoms with E-state index in [4.69, 9.17) is 14.9 Å². The fraction of sp³-hybridized carbons (Fsp3) is 0.500. The topological polar surface area (TPSA) is 68.7 Å². The van der Waals surface area contributed by atoms with E-state index in [1.165, 1.54) is 0 Å². The Labute approximate surface area is 136 Å². The molecule has 5 heteroatoms. The summed E-state index contributed by atoms with van der Waals surface area (Å²) in [5, 5.41) is 1.05. The van der Waals surface area contributed by atoms with Gasteiger partial charge in [-0.05, 0) is 38.8 Å². The Bertz CT molecular complexity index is 649. The summed E-state index contributed by atoms with van der Waals surface area (Å²) in [4.78, 5) is 14.6. The fourth-order valence-electron chi connectivity index (χ4n) is 3.23. The standard InChI is InChI=1S/C18H24N2O3/c1-3-20(18(21)16-9-8-14(11-19)22-16)12(2)17-10-13-6-4-5-7-15(13)23-17/h4-7,10,12,14,16H,3,8-9,11,19H2,1-2H3/t12?,14-,16+/m1/s1. The van der Waals surface area contributed by atoms with Gasteiger partial charge in [-0.25, -0.2) is 0 Å². The SMILES string of the molecule is CCN(C(=O)[C@@H]1CC[C@H](CN)O1)C(C)c1cc2ccccc2o1. The van der Waals surface area contributed by atoms with Gasteiger partial charge in [0.2, 0.25) is 0 Å². The van der Waals surface area contributed by atoms with Crippen LogP contribution in [0.4, 0.5) is 0 Å². The molecule has 2 heterocycles. The molecule has 0 spiro atoms. The summed E-state index contributed by atoms with van der Waals surface area (Å²) in [6.07, 6.45) is 1.22. The molecule has 0 bridgehead atoms. The van der Waals surface area contributed by atoms with E-state index in [1.807, 2.05) is 49.1 Å². The molecule has 3 rings (SSSR count). The lowest BCUT2D eigenvalue weighted by atomic mass is 10.1. The van der Waals surface area contributed by atoms with E-state index in [0.29, 0.717) is 13.1 Å². The second kappa shape index (κ2) is 6.72. The number of para-hydroxylation sites is 1. The number of fused-ring (bicyclic) bond motifs is 1. The molecule has 1 aromatic heterocycles. The molecule has 1 aromatic carbocycles. The molecule has 23 heavy (non-hydrogen) atoms. The molecule has 0 saturated carbocycles. The smallest absolute Gasteiger partial charge is 0.252 e. The third kappa shape index (κ3) is 3.12. The summed E-state index contributed by atoms with van der Waals surface area (Å²) >= 11 is 0. The van der Waals surface area contributed by atoms with Gasteiger partial charge >= 0.3 is 0 Å². The Morgan fingerprint density at radius 1 is 1.39 bits per heavy atom. The largest absolute Gasteiger partial charge is 0.459 e. The molecule has 1 aliphatic rings. The minimum Gasteiger partial charge on any atom is -0.459 e. The average Bonchev–Trinajstić information content (AvgIpc) is 3.21. The van der Waals surface area contributed by atoms with Crippen molar-refractivity contribution >= 4 is 16.9 Å². The Morgan fingerprint density at radius 3 is 2.83 bits per heavy atom. The molecule has 124 valence electrons. The first-order valence-electron chi connectivity index (χ1n) is 8.28. The Morgan fingerprint density at radius 2 is 2.17 bits per heavy atom. The fourth-order valence-corrected chi connectivity index (χ4v) is 3.23. The van der Waals surface area contributed by atoms with E-state index in [-0.39, 0.29) is 24.2 Å². The highest BCUT2D eigenvalue weighted by Gasteiger charge is 2.35. The van der Waals surface area contributed by atoms with Crippen molar-refractivity contribution in [2.24, 2.45) is 5.73 Å². The second-order valence-corrected chi connectivity index (χ2v) is 6.05. The molecule has 3 atom stereocenters. The van der Waals surface area contributed by atoms with Gasteiger partial charge in [-0.15, -0.1) is 0 Å². The zero-order valence-corrected chi connectivity index (χ0v) is 13.7. The summed E-state index contributed by atoms with van der Waals surface area (Å²) in [5.41, 5.74) is 6.48. The van der Waals surface area contributed by atoms with Gasteiger partial charge < -0.3 is 19.8 Å². The number of nitrogens with zero attached hydrogens (tertiary/aromatic N) is 1. The highest BCUT2D eigenvalue weighted by atomic mass is 16.5. The first-order valence-corrected chi connectivity index (χ1v) is 8.28. The Balaban J connectivity index is 1.78. The molecular weight excluding hydrogens is 292 g/mol. The van der Waals surface area contributed by atoms with Gasteiger partial charge in [0, 0.05) is 18.5 Å². The number of carbonyl (C=O) groups excluding carboxylic acids is 1. The molecular formula is C18H24N2O3. The molecule has 1 saturated heterocycles. The van der Waals surface area contributed by atoms with Gasteiger partial charge in [0.15, 0.2) is 0 Å². The molecule has 2 aromatic rings. The van der Waals surface area contributed by atoms with Crippen molar-refractivity contribution in [3.8, 4) is 0 Å². The normalized spacial score (nSPS) is 22.4. The van der Waals surface area contributed by atoms with Crippen molar-refractivity contribution in [1.82, 2.24) is 4.90 Å². The van der Waals surface area contributed by atoms with E-state index in [0.717, 1.165) is 29.6 Å². The lowest BCUT2D eigenvalue weighted by molar-refractivity contribution is -0.145. The Kier molecular flexibility index (Phi) is 4.68. The maximum Gasteiger partial charge on any atom is 0.252 e. The first-order chi connectivity index (χ1) is 11.1. The third-order valence-corrected chi connectivity index (χ3v) is 4.59. The monoisotopic (exact) mass is 316 g/mol. The van der Waals surface area contributed by atoms with Crippen LogP contribution in [-0.4, -0.2) is 36.1 Å². The molecule has 1 fully saturated rings. The van der Waals surface area contributed by atoms with Gasteiger partial charge in [0.25, 0.3) is 5.91 Å². The minimum absolute atomic E-state index is 0.00385. The van der Waals surface area contributed by atoms with Gasteiger partial charge in [0.1, 0.15) is 17.4 Å². The number of nitrogens with two attached hydrogens (primary N) is 1. The number of amides is 1. The summed E-state index contributed by atoms with van der Waals surface area (Å²) in [6, 6.07) is 9.76.